The minimum absolute atomic E-state index is 0. The van der Waals surface area contributed by atoms with Gasteiger partial charge in [-0.3, -0.25) is 14.9 Å². The quantitative estimate of drug-likeness (QED) is 0.660. The molecule has 0 radical (unpaired) electrons. The molecule has 0 aliphatic carbocycles. The van der Waals surface area contributed by atoms with Gasteiger partial charge in [0.2, 0.25) is 0 Å². The predicted molar refractivity (Wildman–Crippen MR) is 88.0 cm³/mol. The monoisotopic (exact) mass is 345 g/mol. The molecule has 2 saturated heterocycles. The van der Waals surface area contributed by atoms with E-state index in [2.05, 4.69) is 5.32 Å². The van der Waals surface area contributed by atoms with Crippen LogP contribution in [0.5, 0.6) is 0 Å². The fraction of sp³-hybridized carbons (Fsp3) is 0.643. The number of hydrogen-bond acceptors (Lipinski definition) is 5. The van der Waals surface area contributed by atoms with Gasteiger partial charge in [-0.1, -0.05) is 0 Å². The van der Waals surface area contributed by atoms with E-state index in [0.717, 1.165) is 39.0 Å². The van der Waals surface area contributed by atoms with Crippen LogP contribution in [0.2, 0.25) is 0 Å². The van der Waals surface area contributed by atoms with Gasteiger partial charge in [-0.15, -0.1) is 23.7 Å². The van der Waals surface area contributed by atoms with Crippen molar-refractivity contribution in [2.45, 2.75) is 26.2 Å². The van der Waals surface area contributed by atoms with Crippen molar-refractivity contribution in [3.8, 4) is 0 Å². The molecular formula is C14H20ClN3O3S. The average molecular weight is 346 g/mol. The maximum atomic E-state index is 12.5. The molecule has 2 aliphatic heterocycles. The van der Waals surface area contributed by atoms with Crippen molar-refractivity contribution in [3.05, 3.63) is 25.9 Å². The third-order valence-electron chi connectivity index (χ3n) is 4.74. The number of piperidine rings is 1. The fourth-order valence-electron chi connectivity index (χ4n) is 3.32. The molecule has 1 aromatic heterocycles. The van der Waals surface area contributed by atoms with Crippen molar-refractivity contribution >= 4 is 35.3 Å². The average Bonchev–Trinajstić information content (AvgIpc) is 3.06. The molecule has 0 atom stereocenters. The minimum atomic E-state index is -0.419. The molecule has 6 nitrogen and oxygen atoms in total. The van der Waals surface area contributed by atoms with E-state index in [1.54, 1.807) is 6.92 Å². The van der Waals surface area contributed by atoms with Crippen LogP contribution in [0.4, 0.5) is 5.69 Å². The third kappa shape index (κ3) is 3.11. The highest BCUT2D eigenvalue weighted by molar-refractivity contribution is 7.14. The van der Waals surface area contributed by atoms with Gasteiger partial charge in [-0.05, 0) is 38.1 Å². The predicted octanol–water partition coefficient (Wildman–Crippen LogP) is 2.60. The number of carbonyl (C=O) groups is 1. The van der Waals surface area contributed by atoms with Crippen molar-refractivity contribution in [2.75, 3.05) is 26.2 Å². The highest BCUT2D eigenvalue weighted by Gasteiger charge is 2.38. The molecule has 2 aliphatic rings. The highest BCUT2D eigenvalue weighted by atomic mass is 35.5. The molecule has 122 valence electrons. The summed E-state index contributed by atoms with van der Waals surface area (Å²) in [6, 6.07) is 1.42. The number of amides is 1. The van der Waals surface area contributed by atoms with Gasteiger partial charge in [-0.2, -0.15) is 0 Å². The molecule has 22 heavy (non-hydrogen) atoms. The molecular weight excluding hydrogens is 326 g/mol. The first-order valence-corrected chi connectivity index (χ1v) is 8.07. The Balaban J connectivity index is 0.00000176. The van der Waals surface area contributed by atoms with Crippen molar-refractivity contribution < 1.29 is 9.72 Å². The number of hydrogen-bond donors (Lipinski definition) is 1. The Bertz CT molecular complexity index is 574. The first-order valence-electron chi connectivity index (χ1n) is 7.26. The number of rotatable bonds is 2. The Kier molecular flexibility index (Phi) is 5.09. The number of nitro groups is 1. The SMILES string of the molecule is Cc1sc(C(=O)N2CCC3(CCNC3)CC2)cc1[N+](=O)[O-].Cl. The van der Waals surface area contributed by atoms with E-state index in [4.69, 9.17) is 0 Å². The van der Waals surface area contributed by atoms with Gasteiger partial charge in [0.05, 0.1) is 14.7 Å². The number of aryl methyl sites for hydroxylation is 1. The number of likely N-dealkylation sites (tertiary alicyclic amines) is 1. The van der Waals surface area contributed by atoms with Gasteiger partial charge in [0.15, 0.2) is 0 Å². The van der Waals surface area contributed by atoms with E-state index >= 15 is 0 Å². The van der Waals surface area contributed by atoms with Crippen LogP contribution < -0.4 is 5.32 Å². The van der Waals surface area contributed by atoms with Gasteiger partial charge in [0, 0.05) is 25.7 Å². The fourth-order valence-corrected chi connectivity index (χ4v) is 4.28. The summed E-state index contributed by atoms with van der Waals surface area (Å²) >= 11 is 1.22. The van der Waals surface area contributed by atoms with Crippen LogP contribution in [0.1, 0.15) is 33.8 Å². The summed E-state index contributed by atoms with van der Waals surface area (Å²) in [5, 5.41) is 14.3. The summed E-state index contributed by atoms with van der Waals surface area (Å²) < 4.78 is 0. The van der Waals surface area contributed by atoms with Crippen molar-refractivity contribution in [3.63, 3.8) is 0 Å². The molecule has 1 N–H and O–H groups in total. The minimum Gasteiger partial charge on any atom is -0.338 e. The number of nitrogens with zero attached hydrogens (tertiary/aromatic N) is 2. The Morgan fingerprint density at radius 1 is 1.41 bits per heavy atom. The van der Waals surface area contributed by atoms with Gasteiger partial charge < -0.3 is 10.2 Å². The Labute approximate surface area is 139 Å². The molecule has 0 unspecified atom stereocenters. The lowest BCUT2D eigenvalue weighted by atomic mass is 9.78. The molecule has 0 bridgehead atoms. The molecule has 1 aromatic rings. The molecule has 2 fully saturated rings. The summed E-state index contributed by atoms with van der Waals surface area (Å²) in [7, 11) is 0. The normalized spacial score (nSPS) is 20.0. The second-order valence-corrected chi connectivity index (χ2v) is 7.28. The van der Waals surface area contributed by atoms with E-state index in [1.165, 1.54) is 23.8 Å². The first kappa shape index (κ1) is 17.2. The summed E-state index contributed by atoms with van der Waals surface area (Å²) in [4.78, 5) is 25.9. The van der Waals surface area contributed by atoms with Gasteiger partial charge in [0.25, 0.3) is 11.6 Å². The third-order valence-corrected chi connectivity index (χ3v) is 5.77. The number of thiophene rings is 1. The van der Waals surface area contributed by atoms with Crippen LogP contribution in [-0.4, -0.2) is 41.9 Å². The van der Waals surface area contributed by atoms with Gasteiger partial charge >= 0.3 is 0 Å². The van der Waals surface area contributed by atoms with E-state index in [9.17, 15) is 14.9 Å². The van der Waals surface area contributed by atoms with E-state index in [1.807, 2.05) is 4.90 Å². The van der Waals surface area contributed by atoms with Crippen molar-refractivity contribution in [2.24, 2.45) is 5.41 Å². The summed E-state index contributed by atoms with van der Waals surface area (Å²) in [6.45, 7) is 5.33. The van der Waals surface area contributed by atoms with E-state index in [-0.39, 0.29) is 24.0 Å². The zero-order valence-electron chi connectivity index (χ0n) is 12.5. The molecule has 3 rings (SSSR count). The highest BCUT2D eigenvalue weighted by Crippen LogP contribution is 2.38. The second-order valence-electron chi connectivity index (χ2n) is 6.03. The Morgan fingerprint density at radius 2 is 2.09 bits per heavy atom. The number of halogens is 1. The van der Waals surface area contributed by atoms with Crippen LogP contribution >= 0.6 is 23.7 Å². The van der Waals surface area contributed by atoms with Gasteiger partial charge in [-0.25, -0.2) is 0 Å². The Morgan fingerprint density at radius 3 is 2.59 bits per heavy atom. The number of nitrogens with one attached hydrogen (secondary N) is 1. The lowest BCUT2D eigenvalue weighted by molar-refractivity contribution is -0.385. The second kappa shape index (κ2) is 6.52. The summed E-state index contributed by atoms with van der Waals surface area (Å²) in [5.74, 6) is -0.0583. The zero-order chi connectivity index (χ0) is 15.0. The maximum Gasteiger partial charge on any atom is 0.283 e. The van der Waals surface area contributed by atoms with E-state index < -0.39 is 4.92 Å². The molecule has 0 aromatic carbocycles. The van der Waals surface area contributed by atoms with Crippen molar-refractivity contribution in [1.29, 1.82) is 0 Å². The van der Waals surface area contributed by atoms with Crippen LogP contribution in [0.3, 0.4) is 0 Å². The largest absolute Gasteiger partial charge is 0.338 e. The van der Waals surface area contributed by atoms with Crippen molar-refractivity contribution in [1.82, 2.24) is 10.2 Å². The Hall–Kier alpha value is -1.18. The molecule has 1 amide bonds. The van der Waals surface area contributed by atoms with E-state index in [0.29, 0.717) is 15.2 Å². The van der Waals surface area contributed by atoms with Crippen LogP contribution in [-0.2, 0) is 0 Å². The molecule has 1 spiro atoms. The number of carbonyl (C=O) groups excluding carboxylic acids is 1. The summed E-state index contributed by atoms with van der Waals surface area (Å²) in [6.07, 6.45) is 3.25. The first-order chi connectivity index (χ1) is 10.0. The standard InChI is InChI=1S/C14H19N3O3S.ClH/c1-10-11(17(19)20)8-12(21-10)13(18)16-6-3-14(4-7-16)2-5-15-9-14;/h8,15H,2-7,9H2,1H3;1H. The van der Waals surface area contributed by atoms with Crippen LogP contribution in [0.25, 0.3) is 0 Å². The maximum absolute atomic E-state index is 12.5. The zero-order valence-corrected chi connectivity index (χ0v) is 14.1. The lowest BCUT2D eigenvalue weighted by Crippen LogP contribution is -2.43. The lowest BCUT2D eigenvalue weighted by Gasteiger charge is -2.38. The van der Waals surface area contributed by atoms with Gasteiger partial charge in [0.1, 0.15) is 0 Å². The molecule has 0 saturated carbocycles. The molecule has 8 heteroatoms. The topological polar surface area (TPSA) is 75.5 Å². The molecule has 3 heterocycles. The summed E-state index contributed by atoms with van der Waals surface area (Å²) in [5.41, 5.74) is 0.422. The van der Waals surface area contributed by atoms with Crippen LogP contribution in [0.15, 0.2) is 6.07 Å². The van der Waals surface area contributed by atoms with Crippen LogP contribution in [0, 0.1) is 22.5 Å². The smallest absolute Gasteiger partial charge is 0.283 e.